The van der Waals surface area contributed by atoms with Gasteiger partial charge in [-0.1, -0.05) is 30.3 Å². The molecule has 0 saturated heterocycles. The lowest BCUT2D eigenvalue weighted by atomic mass is 10.2. The summed E-state index contributed by atoms with van der Waals surface area (Å²) in [6, 6.07) is 15.0. The standard InChI is InChI=1S/C20H21N3O3/c1-13-7-6-8-15(11-13)26-14(2)19(24)21-22-20(25)17-12-23(3)18-10-5-4-9-16(17)18/h4-12,14H,1-3H3,(H,21,24)(H,22,25). The molecule has 26 heavy (non-hydrogen) atoms. The zero-order valence-electron chi connectivity index (χ0n) is 14.9. The van der Waals surface area contributed by atoms with Gasteiger partial charge in [0.25, 0.3) is 11.8 Å². The van der Waals surface area contributed by atoms with Gasteiger partial charge in [0.2, 0.25) is 0 Å². The van der Waals surface area contributed by atoms with E-state index in [2.05, 4.69) is 10.9 Å². The molecule has 1 heterocycles. The first-order valence-electron chi connectivity index (χ1n) is 8.33. The van der Waals surface area contributed by atoms with E-state index in [-0.39, 0.29) is 5.91 Å². The van der Waals surface area contributed by atoms with Gasteiger partial charge in [0.15, 0.2) is 6.10 Å². The van der Waals surface area contributed by atoms with Gasteiger partial charge in [-0.25, -0.2) is 0 Å². The van der Waals surface area contributed by atoms with Gasteiger partial charge in [-0.15, -0.1) is 0 Å². The molecule has 0 bridgehead atoms. The van der Waals surface area contributed by atoms with E-state index in [1.165, 1.54) is 0 Å². The number of nitrogens with one attached hydrogen (secondary N) is 2. The Morgan fingerprint density at radius 1 is 1.08 bits per heavy atom. The molecule has 6 nitrogen and oxygen atoms in total. The first-order valence-corrected chi connectivity index (χ1v) is 8.33. The third kappa shape index (κ3) is 3.69. The molecule has 0 aliphatic rings. The molecule has 2 N–H and O–H groups in total. The summed E-state index contributed by atoms with van der Waals surface area (Å²) < 4.78 is 7.47. The second-order valence-electron chi connectivity index (χ2n) is 6.19. The maximum absolute atomic E-state index is 12.4. The third-order valence-corrected chi connectivity index (χ3v) is 4.11. The number of aromatic nitrogens is 1. The zero-order chi connectivity index (χ0) is 18.7. The molecule has 0 fully saturated rings. The smallest absolute Gasteiger partial charge is 0.279 e. The number of carbonyl (C=O) groups is 2. The number of benzene rings is 2. The maximum atomic E-state index is 12.4. The van der Waals surface area contributed by atoms with Gasteiger partial charge in [-0.3, -0.25) is 20.4 Å². The monoisotopic (exact) mass is 351 g/mol. The van der Waals surface area contributed by atoms with Crippen LogP contribution in [0.5, 0.6) is 5.75 Å². The third-order valence-electron chi connectivity index (χ3n) is 4.11. The largest absolute Gasteiger partial charge is 0.481 e. The summed E-state index contributed by atoms with van der Waals surface area (Å²) in [5, 5.41) is 0.825. The van der Waals surface area contributed by atoms with Crippen molar-refractivity contribution in [2.45, 2.75) is 20.0 Å². The number of amides is 2. The molecular formula is C20H21N3O3. The van der Waals surface area contributed by atoms with Crippen molar-refractivity contribution < 1.29 is 14.3 Å². The fourth-order valence-corrected chi connectivity index (χ4v) is 2.76. The Labute approximate surface area is 151 Å². The minimum Gasteiger partial charge on any atom is -0.481 e. The SMILES string of the molecule is Cc1cccc(OC(C)C(=O)NNC(=O)c2cn(C)c3ccccc23)c1. The molecule has 2 aromatic carbocycles. The minimum atomic E-state index is -0.746. The zero-order valence-corrected chi connectivity index (χ0v) is 14.9. The second-order valence-corrected chi connectivity index (χ2v) is 6.19. The lowest BCUT2D eigenvalue weighted by Gasteiger charge is -2.15. The molecule has 0 aliphatic heterocycles. The summed E-state index contributed by atoms with van der Waals surface area (Å²) in [5.41, 5.74) is 7.35. The Hall–Kier alpha value is -3.28. The van der Waals surface area contributed by atoms with E-state index in [0.29, 0.717) is 11.3 Å². The molecule has 3 aromatic rings. The Kier molecular flexibility index (Phi) is 4.93. The summed E-state index contributed by atoms with van der Waals surface area (Å²) in [6.07, 6.45) is 0.989. The lowest BCUT2D eigenvalue weighted by molar-refractivity contribution is -0.128. The van der Waals surface area contributed by atoms with E-state index in [1.807, 2.05) is 61.0 Å². The molecule has 1 atom stereocenters. The van der Waals surface area contributed by atoms with E-state index < -0.39 is 12.0 Å². The molecule has 134 valence electrons. The van der Waals surface area contributed by atoms with Gasteiger partial charge in [0.1, 0.15) is 5.75 Å². The summed E-state index contributed by atoms with van der Waals surface area (Å²) in [5.74, 6) is -0.203. The van der Waals surface area contributed by atoms with Gasteiger partial charge in [-0.2, -0.15) is 0 Å². The van der Waals surface area contributed by atoms with E-state index in [1.54, 1.807) is 19.2 Å². The number of fused-ring (bicyclic) bond motifs is 1. The highest BCUT2D eigenvalue weighted by molar-refractivity contribution is 6.07. The second kappa shape index (κ2) is 7.31. The van der Waals surface area contributed by atoms with Crippen LogP contribution in [0.4, 0.5) is 0 Å². The lowest BCUT2D eigenvalue weighted by Crippen LogP contribution is -2.47. The molecule has 6 heteroatoms. The van der Waals surface area contributed by atoms with Gasteiger partial charge < -0.3 is 9.30 Å². The van der Waals surface area contributed by atoms with Crippen LogP contribution >= 0.6 is 0 Å². The van der Waals surface area contributed by atoms with Crippen LogP contribution in [-0.4, -0.2) is 22.5 Å². The average molecular weight is 351 g/mol. The van der Waals surface area contributed by atoms with Crippen molar-refractivity contribution in [3.63, 3.8) is 0 Å². The van der Waals surface area contributed by atoms with Crippen molar-refractivity contribution in [3.05, 3.63) is 65.9 Å². The predicted molar refractivity (Wildman–Crippen MR) is 99.8 cm³/mol. The van der Waals surface area contributed by atoms with Crippen molar-refractivity contribution in [1.82, 2.24) is 15.4 Å². The summed E-state index contributed by atoms with van der Waals surface area (Å²) in [7, 11) is 1.87. The average Bonchev–Trinajstić information content (AvgIpc) is 2.96. The van der Waals surface area contributed by atoms with Crippen molar-refractivity contribution in [1.29, 1.82) is 0 Å². The predicted octanol–water partition coefficient (Wildman–Crippen LogP) is 2.72. The van der Waals surface area contributed by atoms with Crippen LogP contribution in [0.1, 0.15) is 22.8 Å². The number of hydrogen-bond donors (Lipinski definition) is 2. The van der Waals surface area contributed by atoms with E-state index in [4.69, 9.17) is 4.74 Å². The number of carbonyl (C=O) groups excluding carboxylic acids is 2. The molecule has 0 saturated carbocycles. The van der Waals surface area contributed by atoms with Crippen LogP contribution < -0.4 is 15.6 Å². The maximum Gasteiger partial charge on any atom is 0.279 e. The van der Waals surface area contributed by atoms with Crippen molar-refractivity contribution in [2.24, 2.45) is 7.05 Å². The minimum absolute atomic E-state index is 0.377. The Bertz CT molecular complexity index is 962. The van der Waals surface area contributed by atoms with Crippen molar-refractivity contribution in [2.75, 3.05) is 0 Å². The Morgan fingerprint density at radius 2 is 1.85 bits per heavy atom. The van der Waals surface area contributed by atoms with Crippen LogP contribution in [0.3, 0.4) is 0 Å². The molecule has 0 aliphatic carbocycles. The number of ether oxygens (including phenoxy) is 1. The van der Waals surface area contributed by atoms with Gasteiger partial charge in [-0.05, 0) is 37.6 Å². The fourth-order valence-electron chi connectivity index (χ4n) is 2.76. The molecule has 1 aromatic heterocycles. The number of hydrazine groups is 1. The van der Waals surface area contributed by atoms with Crippen LogP contribution in [0.15, 0.2) is 54.7 Å². The highest BCUT2D eigenvalue weighted by Crippen LogP contribution is 2.20. The number of hydrogen-bond acceptors (Lipinski definition) is 3. The van der Waals surface area contributed by atoms with E-state index in [9.17, 15) is 9.59 Å². The fraction of sp³-hybridized carbons (Fsp3) is 0.200. The van der Waals surface area contributed by atoms with E-state index >= 15 is 0 Å². The summed E-state index contributed by atoms with van der Waals surface area (Å²) in [6.45, 7) is 3.57. The summed E-state index contributed by atoms with van der Waals surface area (Å²) in [4.78, 5) is 24.6. The number of rotatable bonds is 4. The van der Waals surface area contributed by atoms with Crippen LogP contribution in [0, 0.1) is 6.92 Å². The number of para-hydroxylation sites is 1. The van der Waals surface area contributed by atoms with E-state index in [0.717, 1.165) is 16.5 Å². The van der Waals surface area contributed by atoms with Crippen molar-refractivity contribution >= 4 is 22.7 Å². The molecule has 1 unspecified atom stereocenters. The van der Waals surface area contributed by atoms with Crippen molar-refractivity contribution in [3.8, 4) is 5.75 Å². The van der Waals surface area contributed by atoms with Crippen LogP contribution in [0.25, 0.3) is 10.9 Å². The first-order chi connectivity index (χ1) is 12.5. The van der Waals surface area contributed by atoms with Crippen LogP contribution in [-0.2, 0) is 11.8 Å². The first kappa shape index (κ1) is 17.5. The quantitative estimate of drug-likeness (QED) is 0.710. The molecule has 2 amide bonds. The van der Waals surface area contributed by atoms with Crippen LogP contribution in [0.2, 0.25) is 0 Å². The molecule has 0 radical (unpaired) electrons. The highest BCUT2D eigenvalue weighted by atomic mass is 16.5. The van der Waals surface area contributed by atoms with Gasteiger partial charge in [0, 0.05) is 24.1 Å². The highest BCUT2D eigenvalue weighted by Gasteiger charge is 2.18. The normalized spacial score (nSPS) is 11.8. The topological polar surface area (TPSA) is 72.4 Å². The summed E-state index contributed by atoms with van der Waals surface area (Å²) >= 11 is 0. The molecular weight excluding hydrogens is 330 g/mol. The number of aryl methyl sites for hydroxylation is 2. The van der Waals surface area contributed by atoms with Gasteiger partial charge >= 0.3 is 0 Å². The Balaban J connectivity index is 1.62. The van der Waals surface area contributed by atoms with Gasteiger partial charge in [0.05, 0.1) is 5.56 Å². The Morgan fingerprint density at radius 3 is 2.62 bits per heavy atom. The molecule has 3 rings (SSSR count). The number of nitrogens with zero attached hydrogens (tertiary/aromatic N) is 1. The molecule has 0 spiro atoms.